The van der Waals surface area contributed by atoms with Gasteiger partial charge in [-0.1, -0.05) is 46.0 Å². The van der Waals surface area contributed by atoms with Gasteiger partial charge in [0.25, 0.3) is 0 Å². The van der Waals surface area contributed by atoms with Crippen LogP contribution in [-0.2, 0) is 10.3 Å². The predicted molar refractivity (Wildman–Crippen MR) is 93.6 cm³/mol. The summed E-state index contributed by atoms with van der Waals surface area (Å²) < 4.78 is 22.7. The SMILES string of the molecule is O=C(O)N(c1ccc(C#CCBr)cc1)C1C=CC=CC1=S(=O)=O. The molecule has 1 atom stereocenters. The van der Waals surface area contributed by atoms with E-state index in [0.717, 1.165) is 10.5 Å². The average Bonchev–Trinajstić information content (AvgIpc) is 2.54. The third kappa shape index (κ3) is 4.12. The summed E-state index contributed by atoms with van der Waals surface area (Å²) in [4.78, 5) is 12.6. The molecule has 0 aliphatic heterocycles. The Morgan fingerprint density at radius 3 is 2.52 bits per heavy atom. The molecule has 1 aromatic rings. The van der Waals surface area contributed by atoms with Crippen molar-refractivity contribution in [3.05, 3.63) is 54.1 Å². The minimum absolute atomic E-state index is 0.00180. The van der Waals surface area contributed by atoms with Crippen LogP contribution in [0.4, 0.5) is 10.5 Å². The third-order valence-corrected chi connectivity index (χ3v) is 4.12. The number of halogens is 1. The van der Waals surface area contributed by atoms with Gasteiger partial charge in [0.1, 0.15) is 0 Å². The van der Waals surface area contributed by atoms with E-state index in [0.29, 0.717) is 11.0 Å². The van der Waals surface area contributed by atoms with Gasteiger partial charge in [0.05, 0.1) is 16.2 Å². The number of hydrogen-bond acceptors (Lipinski definition) is 3. The summed E-state index contributed by atoms with van der Waals surface area (Å²) in [7, 11) is -2.51. The van der Waals surface area contributed by atoms with Crippen LogP contribution in [0.5, 0.6) is 0 Å². The molecule has 7 heteroatoms. The van der Waals surface area contributed by atoms with E-state index < -0.39 is 22.4 Å². The van der Waals surface area contributed by atoms with Crippen molar-refractivity contribution in [3.63, 3.8) is 0 Å². The van der Waals surface area contributed by atoms with Gasteiger partial charge in [-0.05, 0) is 30.3 Å². The molecule has 0 aromatic heterocycles. The van der Waals surface area contributed by atoms with Gasteiger partial charge in [-0.25, -0.2) is 4.79 Å². The summed E-state index contributed by atoms with van der Waals surface area (Å²) in [5.74, 6) is 5.76. The van der Waals surface area contributed by atoms with Crippen molar-refractivity contribution < 1.29 is 18.3 Å². The van der Waals surface area contributed by atoms with E-state index in [1.807, 2.05) is 0 Å². The molecule has 0 saturated heterocycles. The molecule has 2 rings (SSSR count). The van der Waals surface area contributed by atoms with Crippen LogP contribution in [0.2, 0.25) is 0 Å². The maximum absolute atomic E-state index is 11.6. The number of alkyl halides is 1. The van der Waals surface area contributed by atoms with Crippen LogP contribution in [0.25, 0.3) is 0 Å². The molecule has 1 unspecified atom stereocenters. The molecule has 0 saturated carbocycles. The van der Waals surface area contributed by atoms with Gasteiger partial charge in [-0.15, -0.1) is 0 Å². The lowest BCUT2D eigenvalue weighted by atomic mass is 10.1. The monoisotopic (exact) mass is 393 g/mol. The van der Waals surface area contributed by atoms with Crippen molar-refractivity contribution >= 4 is 42.9 Å². The maximum Gasteiger partial charge on any atom is 0.412 e. The Morgan fingerprint density at radius 1 is 1.26 bits per heavy atom. The highest BCUT2D eigenvalue weighted by molar-refractivity contribution is 9.09. The van der Waals surface area contributed by atoms with Gasteiger partial charge in [0.2, 0.25) is 10.3 Å². The summed E-state index contributed by atoms with van der Waals surface area (Å²) in [5, 5.41) is 10.1. The number of rotatable bonds is 2. The minimum atomic E-state index is -2.51. The van der Waals surface area contributed by atoms with Crippen molar-refractivity contribution in [1.82, 2.24) is 0 Å². The van der Waals surface area contributed by atoms with E-state index in [-0.39, 0.29) is 4.86 Å². The van der Waals surface area contributed by atoms with E-state index in [2.05, 4.69) is 27.8 Å². The smallest absolute Gasteiger partial charge is 0.412 e. The largest absolute Gasteiger partial charge is 0.465 e. The molecule has 1 N–H and O–H groups in total. The number of carbonyl (C=O) groups is 1. The van der Waals surface area contributed by atoms with Crippen LogP contribution in [0, 0.1) is 11.8 Å². The van der Waals surface area contributed by atoms with Gasteiger partial charge in [0, 0.05) is 11.3 Å². The standard InChI is InChI=1S/C16H12BrNO4S/c17-11-3-4-12-7-9-13(10-8-12)18(16(19)20)14-5-1-2-6-15(14)23(21)22/h1-2,5-10,14H,11H2,(H,19,20). The van der Waals surface area contributed by atoms with Crippen LogP contribution in [0.1, 0.15) is 5.56 Å². The summed E-state index contributed by atoms with van der Waals surface area (Å²) in [6.45, 7) is 0. The summed E-state index contributed by atoms with van der Waals surface area (Å²) in [6.07, 6.45) is 4.85. The fourth-order valence-electron chi connectivity index (χ4n) is 2.11. The third-order valence-electron chi connectivity index (χ3n) is 3.08. The van der Waals surface area contributed by atoms with Crippen molar-refractivity contribution in [3.8, 4) is 11.8 Å². The van der Waals surface area contributed by atoms with E-state index in [9.17, 15) is 18.3 Å². The number of benzene rings is 1. The fourth-order valence-corrected chi connectivity index (χ4v) is 2.82. The molecule has 0 bridgehead atoms. The Kier molecular flexibility index (Phi) is 5.79. The van der Waals surface area contributed by atoms with E-state index in [1.165, 1.54) is 12.2 Å². The van der Waals surface area contributed by atoms with Gasteiger partial charge in [-0.2, -0.15) is 8.42 Å². The Bertz CT molecular complexity index is 850. The van der Waals surface area contributed by atoms with Gasteiger partial charge in [0.15, 0.2) is 0 Å². The van der Waals surface area contributed by atoms with Crippen LogP contribution in [0.15, 0.2) is 48.6 Å². The molecule has 0 heterocycles. The molecule has 23 heavy (non-hydrogen) atoms. The number of anilines is 1. The van der Waals surface area contributed by atoms with Gasteiger partial charge < -0.3 is 5.11 Å². The van der Waals surface area contributed by atoms with Crippen molar-refractivity contribution in [2.24, 2.45) is 0 Å². The zero-order chi connectivity index (χ0) is 16.8. The first-order valence-electron chi connectivity index (χ1n) is 6.52. The lowest BCUT2D eigenvalue weighted by Gasteiger charge is -2.27. The van der Waals surface area contributed by atoms with E-state index in [4.69, 9.17) is 0 Å². The molecule has 0 fully saturated rings. The number of carboxylic acid groups (broad SMARTS) is 1. The van der Waals surface area contributed by atoms with Gasteiger partial charge >= 0.3 is 6.09 Å². The predicted octanol–water partition coefficient (Wildman–Crippen LogP) is 2.46. The molecule has 118 valence electrons. The fraction of sp³-hybridized carbons (Fsp3) is 0.125. The molecule has 1 amide bonds. The number of allylic oxidation sites excluding steroid dienone is 2. The first-order chi connectivity index (χ1) is 11.0. The van der Waals surface area contributed by atoms with Crippen LogP contribution >= 0.6 is 15.9 Å². The highest BCUT2D eigenvalue weighted by atomic mass is 79.9. The Morgan fingerprint density at radius 2 is 1.96 bits per heavy atom. The molecule has 1 aromatic carbocycles. The van der Waals surface area contributed by atoms with Gasteiger partial charge in [-0.3, -0.25) is 4.90 Å². The van der Waals surface area contributed by atoms with Crippen LogP contribution < -0.4 is 4.90 Å². The van der Waals surface area contributed by atoms with Crippen LogP contribution in [-0.4, -0.2) is 35.9 Å². The second-order valence-electron chi connectivity index (χ2n) is 4.46. The maximum atomic E-state index is 11.6. The van der Waals surface area contributed by atoms with Crippen molar-refractivity contribution in [1.29, 1.82) is 0 Å². The average molecular weight is 394 g/mol. The second-order valence-corrected chi connectivity index (χ2v) is 5.96. The Balaban J connectivity index is 2.43. The first-order valence-corrected chi connectivity index (χ1v) is 8.72. The normalized spacial score (nSPS) is 15.7. The summed E-state index contributed by atoms with van der Waals surface area (Å²) in [6, 6.07) is 5.69. The van der Waals surface area contributed by atoms with Crippen molar-refractivity contribution in [2.45, 2.75) is 6.04 Å². The van der Waals surface area contributed by atoms with Crippen molar-refractivity contribution in [2.75, 3.05) is 10.2 Å². The molecule has 1 aliphatic carbocycles. The summed E-state index contributed by atoms with van der Waals surface area (Å²) >= 11 is 3.20. The van der Waals surface area contributed by atoms with Crippen LogP contribution in [0.3, 0.4) is 0 Å². The molecule has 5 nitrogen and oxygen atoms in total. The van der Waals surface area contributed by atoms with E-state index in [1.54, 1.807) is 36.4 Å². The number of amides is 1. The lowest BCUT2D eigenvalue weighted by Crippen LogP contribution is -2.44. The molecular formula is C16H12BrNO4S. The number of nitrogens with zero attached hydrogens (tertiary/aromatic N) is 1. The highest BCUT2D eigenvalue weighted by Gasteiger charge is 2.28. The lowest BCUT2D eigenvalue weighted by molar-refractivity contribution is 0.201. The molecular weight excluding hydrogens is 382 g/mol. The number of hydrogen-bond donors (Lipinski definition) is 1. The molecule has 0 radical (unpaired) electrons. The first kappa shape index (κ1) is 17.1. The molecule has 1 aliphatic rings. The highest BCUT2D eigenvalue weighted by Crippen LogP contribution is 2.21. The Labute approximate surface area is 143 Å². The quantitative estimate of drug-likeness (QED) is 0.475. The Hall–Kier alpha value is -2.30. The molecule has 0 spiro atoms. The topological polar surface area (TPSA) is 74.7 Å². The summed E-state index contributed by atoms with van der Waals surface area (Å²) in [5.41, 5.74) is 1.11. The second kappa shape index (κ2) is 7.81. The zero-order valence-electron chi connectivity index (χ0n) is 11.8. The van der Waals surface area contributed by atoms with E-state index >= 15 is 0 Å². The minimum Gasteiger partial charge on any atom is -0.465 e. The zero-order valence-corrected chi connectivity index (χ0v) is 14.2.